The zero-order chi connectivity index (χ0) is 19.8. The highest BCUT2D eigenvalue weighted by molar-refractivity contribution is 5.73. The highest BCUT2D eigenvalue weighted by atomic mass is 16.4. The number of aliphatic carboxylic acids is 3. The van der Waals surface area contributed by atoms with Gasteiger partial charge in [-0.3, -0.25) is 4.48 Å². The maximum atomic E-state index is 11.1. The van der Waals surface area contributed by atoms with Crippen LogP contribution in [0.15, 0.2) is 12.2 Å². The molecule has 0 bridgehead atoms. The van der Waals surface area contributed by atoms with E-state index in [1.807, 2.05) is 0 Å². The van der Waals surface area contributed by atoms with Gasteiger partial charge in [-0.05, 0) is 32.1 Å². The molecule has 0 amide bonds. The van der Waals surface area contributed by atoms with Crippen molar-refractivity contribution in [1.29, 1.82) is 0 Å². The summed E-state index contributed by atoms with van der Waals surface area (Å²) in [5.41, 5.74) is 0. The van der Waals surface area contributed by atoms with Gasteiger partial charge in [0.15, 0.2) is 19.6 Å². The Morgan fingerprint density at radius 2 is 1.12 bits per heavy atom. The average molecular weight is 372 g/mol. The molecule has 0 radical (unpaired) electrons. The summed E-state index contributed by atoms with van der Waals surface area (Å²) in [6.45, 7) is 0.958. The third kappa shape index (κ3) is 13.4. The molecule has 0 heterocycles. The molecule has 7 nitrogen and oxygen atoms in total. The molecule has 0 aliphatic heterocycles. The largest absolute Gasteiger partial charge is 0.477 e. The highest BCUT2D eigenvalue weighted by Crippen LogP contribution is 2.13. The van der Waals surface area contributed by atoms with Gasteiger partial charge < -0.3 is 15.3 Å². The Bertz CT molecular complexity index is 420. The summed E-state index contributed by atoms with van der Waals surface area (Å²) in [6, 6.07) is 0. The first-order chi connectivity index (χ1) is 12.3. The molecule has 0 aromatic rings. The molecule has 0 aliphatic rings. The second kappa shape index (κ2) is 14.3. The lowest BCUT2D eigenvalue weighted by molar-refractivity contribution is -0.907. The fraction of sp³-hybridized carbons (Fsp3) is 0.737. The third-order valence-electron chi connectivity index (χ3n) is 4.29. The van der Waals surface area contributed by atoms with Crippen LogP contribution in [0.4, 0.5) is 0 Å². The van der Waals surface area contributed by atoms with E-state index in [1.165, 1.54) is 6.42 Å². The summed E-state index contributed by atoms with van der Waals surface area (Å²) in [4.78, 5) is 33.2. The van der Waals surface area contributed by atoms with E-state index in [2.05, 4.69) is 19.1 Å². The van der Waals surface area contributed by atoms with E-state index >= 15 is 0 Å². The van der Waals surface area contributed by atoms with Gasteiger partial charge in [-0.2, -0.15) is 0 Å². The van der Waals surface area contributed by atoms with Gasteiger partial charge in [-0.25, -0.2) is 14.4 Å². The van der Waals surface area contributed by atoms with Crippen molar-refractivity contribution in [3.63, 3.8) is 0 Å². The van der Waals surface area contributed by atoms with Crippen LogP contribution in [0.2, 0.25) is 0 Å². The molecule has 0 spiro atoms. The van der Waals surface area contributed by atoms with E-state index in [9.17, 15) is 14.4 Å². The van der Waals surface area contributed by atoms with Crippen LogP contribution in [0, 0.1) is 0 Å². The molecule has 0 saturated carbocycles. The van der Waals surface area contributed by atoms with E-state index in [4.69, 9.17) is 15.3 Å². The molecule has 0 aromatic carbocycles. The van der Waals surface area contributed by atoms with E-state index < -0.39 is 42.0 Å². The summed E-state index contributed by atoms with van der Waals surface area (Å²) < 4.78 is -0.442. The summed E-state index contributed by atoms with van der Waals surface area (Å²) in [6.07, 6.45) is 13.7. The normalized spacial score (nSPS) is 11.7. The van der Waals surface area contributed by atoms with Gasteiger partial charge in [-0.15, -0.1) is 0 Å². The predicted molar refractivity (Wildman–Crippen MR) is 99.0 cm³/mol. The van der Waals surface area contributed by atoms with Crippen LogP contribution in [0.1, 0.15) is 64.7 Å². The molecule has 0 aromatic heterocycles. The Morgan fingerprint density at radius 1 is 0.692 bits per heavy atom. The topological polar surface area (TPSA) is 112 Å². The van der Waals surface area contributed by atoms with Crippen molar-refractivity contribution in [2.75, 3.05) is 26.2 Å². The number of carbonyl (C=O) groups is 3. The van der Waals surface area contributed by atoms with Crippen molar-refractivity contribution in [3.8, 4) is 0 Å². The van der Waals surface area contributed by atoms with Gasteiger partial charge in [0.2, 0.25) is 0 Å². The lowest BCUT2D eigenvalue weighted by Gasteiger charge is -2.34. The first kappa shape index (κ1) is 24.1. The van der Waals surface area contributed by atoms with Gasteiger partial charge in [0.25, 0.3) is 0 Å². The Morgan fingerprint density at radius 3 is 1.58 bits per heavy atom. The smallest absolute Gasteiger partial charge is 0.359 e. The fourth-order valence-electron chi connectivity index (χ4n) is 3.08. The summed E-state index contributed by atoms with van der Waals surface area (Å²) in [7, 11) is 0. The van der Waals surface area contributed by atoms with Crippen molar-refractivity contribution in [3.05, 3.63) is 12.2 Å². The number of carboxylic acid groups (broad SMARTS) is 3. The van der Waals surface area contributed by atoms with Crippen LogP contribution in [0.5, 0.6) is 0 Å². The van der Waals surface area contributed by atoms with Crippen LogP contribution in [0.3, 0.4) is 0 Å². The molecule has 0 rings (SSSR count). The molecule has 3 N–H and O–H groups in total. The number of hydrogen-bond donors (Lipinski definition) is 3. The highest BCUT2D eigenvalue weighted by Gasteiger charge is 2.35. The van der Waals surface area contributed by atoms with Crippen molar-refractivity contribution in [2.24, 2.45) is 0 Å². The first-order valence-corrected chi connectivity index (χ1v) is 9.47. The lowest BCUT2D eigenvalue weighted by atomic mass is 10.1. The third-order valence-corrected chi connectivity index (χ3v) is 4.29. The molecule has 26 heavy (non-hydrogen) atoms. The van der Waals surface area contributed by atoms with E-state index in [0.717, 1.165) is 44.9 Å². The molecule has 0 unspecified atom stereocenters. The molecule has 0 saturated heterocycles. The van der Waals surface area contributed by atoms with E-state index in [1.54, 1.807) is 0 Å². The minimum absolute atomic E-state index is 0.255. The van der Waals surface area contributed by atoms with Gasteiger partial charge in [0.05, 0.1) is 6.54 Å². The molecule has 0 aliphatic carbocycles. The number of nitrogens with zero attached hydrogens (tertiary/aromatic N) is 1. The Hall–Kier alpha value is -1.89. The van der Waals surface area contributed by atoms with Crippen molar-refractivity contribution in [2.45, 2.75) is 64.7 Å². The standard InChI is InChI=1S/C19H33NO6/c1-2-3-4-5-6-7-8-9-10-11-12-13-20(14-17(21)22,15-18(23)24)16-19(25)26/h4-5H,2-3,6-16H2,1H3,(H2-,21,22,23,24,25,26)/p+1/b5-4+. The van der Waals surface area contributed by atoms with Crippen LogP contribution in [-0.2, 0) is 14.4 Å². The van der Waals surface area contributed by atoms with E-state index in [0.29, 0.717) is 6.42 Å². The van der Waals surface area contributed by atoms with Crippen LogP contribution in [0.25, 0.3) is 0 Å². The van der Waals surface area contributed by atoms with Gasteiger partial charge in [0, 0.05) is 0 Å². The number of unbranched alkanes of at least 4 members (excludes halogenated alkanes) is 7. The summed E-state index contributed by atoms with van der Waals surface area (Å²) in [5.74, 6) is -3.53. The molecular formula is C19H34NO6+. The molecule has 7 heteroatoms. The maximum Gasteiger partial charge on any atom is 0.359 e. The van der Waals surface area contributed by atoms with E-state index in [-0.39, 0.29) is 6.54 Å². The number of allylic oxidation sites excluding steroid dienone is 2. The number of hydrogen-bond acceptors (Lipinski definition) is 3. The maximum absolute atomic E-state index is 11.1. The van der Waals surface area contributed by atoms with Gasteiger partial charge >= 0.3 is 17.9 Å². The predicted octanol–water partition coefficient (Wildman–Crippen LogP) is 3.14. The number of rotatable bonds is 17. The van der Waals surface area contributed by atoms with Gasteiger partial charge in [-0.1, -0.05) is 44.8 Å². The van der Waals surface area contributed by atoms with Crippen LogP contribution < -0.4 is 0 Å². The monoisotopic (exact) mass is 372 g/mol. The zero-order valence-electron chi connectivity index (χ0n) is 15.9. The minimum atomic E-state index is -1.18. The second-order valence-electron chi connectivity index (χ2n) is 6.89. The SMILES string of the molecule is CCC/C=C/CCCCCCCC[N+](CC(=O)O)(CC(=O)O)CC(=O)O. The summed E-state index contributed by atoms with van der Waals surface area (Å²) >= 11 is 0. The average Bonchev–Trinajstić information content (AvgIpc) is 2.50. The quantitative estimate of drug-likeness (QED) is 0.205. The fourth-order valence-corrected chi connectivity index (χ4v) is 3.08. The van der Waals surface area contributed by atoms with Crippen molar-refractivity contribution < 1.29 is 34.2 Å². The number of quaternary nitrogens is 1. The Kier molecular flexibility index (Phi) is 13.3. The Labute approximate surface area is 155 Å². The van der Waals surface area contributed by atoms with Crippen LogP contribution in [-0.4, -0.2) is 63.9 Å². The molecule has 0 atom stereocenters. The second-order valence-corrected chi connectivity index (χ2v) is 6.89. The minimum Gasteiger partial charge on any atom is -0.477 e. The lowest BCUT2D eigenvalue weighted by Crippen LogP contribution is -2.57. The summed E-state index contributed by atoms with van der Waals surface area (Å²) in [5, 5.41) is 27.1. The first-order valence-electron chi connectivity index (χ1n) is 9.47. The van der Waals surface area contributed by atoms with Crippen molar-refractivity contribution >= 4 is 17.9 Å². The zero-order valence-corrected chi connectivity index (χ0v) is 15.9. The van der Waals surface area contributed by atoms with Crippen LogP contribution >= 0.6 is 0 Å². The number of carboxylic acids is 3. The Balaban J connectivity index is 4.21. The molecular weight excluding hydrogens is 338 g/mol. The van der Waals surface area contributed by atoms with Crippen molar-refractivity contribution in [1.82, 2.24) is 0 Å². The molecule has 0 fully saturated rings. The van der Waals surface area contributed by atoms with Gasteiger partial charge in [0.1, 0.15) is 0 Å². The molecule has 150 valence electrons.